The zero-order chi connectivity index (χ0) is 35.5. The van der Waals surface area contributed by atoms with E-state index < -0.39 is 0 Å². The lowest BCUT2D eigenvalue weighted by Crippen LogP contribution is -2.17. The van der Waals surface area contributed by atoms with E-state index in [9.17, 15) is 0 Å². The second-order valence-corrected chi connectivity index (χ2v) is 14.5. The number of nitrogens with zero attached hydrogens (tertiary/aromatic N) is 1. The first-order chi connectivity index (χ1) is 26.1. The number of hydrogen-bond donors (Lipinski definition) is 0. The predicted octanol–water partition coefficient (Wildman–Crippen LogP) is 14.4. The molecule has 1 aliphatic rings. The van der Waals surface area contributed by atoms with Crippen LogP contribution in [0.4, 0.5) is 17.1 Å². The van der Waals surface area contributed by atoms with Gasteiger partial charge in [-0.05, 0) is 80.9 Å². The quantitative estimate of drug-likeness (QED) is 0.174. The summed E-state index contributed by atoms with van der Waals surface area (Å²) in [5.41, 5.74) is 17.2. The molecule has 0 saturated heterocycles. The molecule has 2 heteroatoms. The van der Waals surface area contributed by atoms with E-state index in [-0.39, 0.29) is 5.41 Å². The molecule has 252 valence electrons. The summed E-state index contributed by atoms with van der Waals surface area (Å²) in [5.74, 6) is 0. The lowest BCUT2D eigenvalue weighted by atomic mass is 9.78. The molecule has 0 radical (unpaired) electrons. The van der Waals surface area contributed by atoms with E-state index >= 15 is 0 Å². The molecule has 0 atom stereocenters. The minimum absolute atomic E-state index is 0.258. The molecule has 0 saturated carbocycles. The fraction of sp³-hybridized carbons (Fsp3) is 0.0588. The second kappa shape index (κ2) is 12.3. The van der Waals surface area contributed by atoms with Gasteiger partial charge in [-0.3, -0.25) is 0 Å². The third kappa shape index (κ3) is 5.02. The number of para-hydroxylation sites is 2. The third-order valence-electron chi connectivity index (χ3n) is 11.1. The zero-order valence-electron chi connectivity index (χ0n) is 29.8. The van der Waals surface area contributed by atoms with Crippen LogP contribution >= 0.6 is 0 Å². The van der Waals surface area contributed by atoms with Crippen LogP contribution < -0.4 is 4.90 Å². The summed E-state index contributed by atoms with van der Waals surface area (Å²) in [5, 5.41) is 2.28. The van der Waals surface area contributed by atoms with Crippen molar-refractivity contribution in [2.24, 2.45) is 0 Å². The van der Waals surface area contributed by atoms with Crippen LogP contribution in [0.5, 0.6) is 0 Å². The van der Waals surface area contributed by atoms with Crippen LogP contribution in [0, 0.1) is 0 Å². The molecule has 0 spiro atoms. The standard InChI is InChI=1S/C51H37NO/c1-51(2)45-22-11-9-19-44(45)48-46(33-32-41(49(48)51)43-21-13-20-42-40-18-10-12-23-47(40)53-50(42)43)52(38-28-24-36(25-29-38)34-14-5-3-6-15-34)39-30-26-37(27-31-39)35-16-7-4-8-17-35/h3-33H,1-2H3. The van der Waals surface area contributed by atoms with E-state index in [1.807, 2.05) is 6.07 Å². The van der Waals surface area contributed by atoms with Gasteiger partial charge in [-0.25, -0.2) is 0 Å². The molecule has 8 aromatic carbocycles. The Hall–Kier alpha value is -6.64. The number of anilines is 3. The molecule has 0 N–H and O–H groups in total. The highest BCUT2D eigenvalue weighted by Crippen LogP contribution is 2.57. The third-order valence-corrected chi connectivity index (χ3v) is 11.1. The molecule has 1 aromatic heterocycles. The van der Waals surface area contributed by atoms with Gasteiger partial charge >= 0.3 is 0 Å². The van der Waals surface area contributed by atoms with Crippen molar-refractivity contribution in [3.63, 3.8) is 0 Å². The molecule has 9 aromatic rings. The van der Waals surface area contributed by atoms with Crippen molar-refractivity contribution >= 4 is 39.0 Å². The van der Waals surface area contributed by atoms with E-state index in [1.54, 1.807) is 0 Å². The van der Waals surface area contributed by atoms with Crippen molar-refractivity contribution in [2.45, 2.75) is 19.3 Å². The van der Waals surface area contributed by atoms with Crippen molar-refractivity contribution < 1.29 is 4.42 Å². The van der Waals surface area contributed by atoms with E-state index in [4.69, 9.17) is 4.42 Å². The number of benzene rings is 8. The largest absolute Gasteiger partial charge is 0.455 e. The monoisotopic (exact) mass is 679 g/mol. The smallest absolute Gasteiger partial charge is 0.143 e. The average Bonchev–Trinajstić information content (AvgIpc) is 3.72. The lowest BCUT2D eigenvalue weighted by molar-refractivity contribution is 0.659. The number of hydrogen-bond acceptors (Lipinski definition) is 2. The van der Waals surface area contributed by atoms with Crippen molar-refractivity contribution in [3.8, 4) is 44.5 Å². The molecule has 0 amide bonds. The van der Waals surface area contributed by atoms with Gasteiger partial charge in [0.15, 0.2) is 0 Å². The summed E-state index contributed by atoms with van der Waals surface area (Å²) in [7, 11) is 0. The highest BCUT2D eigenvalue weighted by molar-refractivity contribution is 6.11. The molecular weight excluding hydrogens is 643 g/mol. The average molecular weight is 680 g/mol. The fourth-order valence-corrected chi connectivity index (χ4v) is 8.56. The molecule has 0 unspecified atom stereocenters. The summed E-state index contributed by atoms with van der Waals surface area (Å²) in [4.78, 5) is 2.44. The van der Waals surface area contributed by atoms with Crippen LogP contribution in [-0.2, 0) is 5.41 Å². The van der Waals surface area contributed by atoms with E-state index in [1.165, 1.54) is 50.1 Å². The minimum Gasteiger partial charge on any atom is -0.455 e. The maximum atomic E-state index is 6.64. The van der Waals surface area contributed by atoms with E-state index in [2.05, 4.69) is 201 Å². The number of rotatable bonds is 6. The van der Waals surface area contributed by atoms with Crippen LogP contribution in [0.25, 0.3) is 66.4 Å². The van der Waals surface area contributed by atoms with Crippen LogP contribution in [0.2, 0.25) is 0 Å². The van der Waals surface area contributed by atoms with Gasteiger partial charge in [-0.2, -0.15) is 0 Å². The summed E-state index contributed by atoms with van der Waals surface area (Å²) in [6, 6.07) is 67.7. The van der Waals surface area contributed by atoms with Gasteiger partial charge in [0, 0.05) is 38.7 Å². The van der Waals surface area contributed by atoms with Crippen molar-refractivity contribution in [1.29, 1.82) is 0 Å². The summed E-state index contributed by atoms with van der Waals surface area (Å²) in [6.07, 6.45) is 0. The first-order valence-corrected chi connectivity index (χ1v) is 18.4. The minimum atomic E-state index is -0.258. The molecule has 1 aliphatic carbocycles. The van der Waals surface area contributed by atoms with Gasteiger partial charge in [0.1, 0.15) is 11.2 Å². The Labute approximate surface area is 310 Å². The zero-order valence-corrected chi connectivity index (χ0v) is 29.8. The Balaban J connectivity index is 1.22. The van der Waals surface area contributed by atoms with Crippen molar-refractivity contribution in [3.05, 3.63) is 199 Å². The first kappa shape index (κ1) is 31.1. The van der Waals surface area contributed by atoms with Crippen LogP contribution in [0.15, 0.2) is 192 Å². The fourth-order valence-electron chi connectivity index (χ4n) is 8.56. The molecule has 2 nitrogen and oxygen atoms in total. The molecule has 0 aliphatic heterocycles. The predicted molar refractivity (Wildman–Crippen MR) is 222 cm³/mol. The maximum absolute atomic E-state index is 6.64. The summed E-state index contributed by atoms with van der Waals surface area (Å²) >= 11 is 0. The molecular formula is C51H37NO. The molecule has 1 heterocycles. The van der Waals surface area contributed by atoms with Crippen molar-refractivity contribution in [2.75, 3.05) is 4.90 Å². The molecule has 0 fully saturated rings. The maximum Gasteiger partial charge on any atom is 0.143 e. The Morgan fingerprint density at radius 2 is 0.943 bits per heavy atom. The van der Waals surface area contributed by atoms with Crippen LogP contribution in [0.3, 0.4) is 0 Å². The number of furan rings is 1. The van der Waals surface area contributed by atoms with E-state index in [0.29, 0.717) is 0 Å². The summed E-state index contributed by atoms with van der Waals surface area (Å²) < 4.78 is 6.64. The van der Waals surface area contributed by atoms with Gasteiger partial charge in [0.25, 0.3) is 0 Å². The normalized spacial score (nSPS) is 12.9. The van der Waals surface area contributed by atoms with Gasteiger partial charge in [-0.1, -0.05) is 166 Å². The Morgan fingerprint density at radius 1 is 0.415 bits per heavy atom. The summed E-state index contributed by atoms with van der Waals surface area (Å²) in [6.45, 7) is 4.74. The Morgan fingerprint density at radius 3 is 1.60 bits per heavy atom. The number of fused-ring (bicyclic) bond motifs is 6. The molecule has 53 heavy (non-hydrogen) atoms. The Bertz CT molecular complexity index is 2690. The van der Waals surface area contributed by atoms with Crippen LogP contribution in [-0.4, -0.2) is 0 Å². The lowest BCUT2D eigenvalue weighted by Gasteiger charge is -2.30. The first-order valence-electron chi connectivity index (χ1n) is 18.4. The highest BCUT2D eigenvalue weighted by atomic mass is 16.3. The topological polar surface area (TPSA) is 16.4 Å². The van der Waals surface area contributed by atoms with Gasteiger partial charge in [0.05, 0.1) is 5.69 Å². The molecule has 0 bridgehead atoms. The second-order valence-electron chi connectivity index (χ2n) is 14.5. The van der Waals surface area contributed by atoms with Gasteiger partial charge < -0.3 is 9.32 Å². The van der Waals surface area contributed by atoms with E-state index in [0.717, 1.165) is 44.6 Å². The van der Waals surface area contributed by atoms with Crippen molar-refractivity contribution in [1.82, 2.24) is 0 Å². The molecule has 10 rings (SSSR count). The Kier molecular flexibility index (Phi) is 7.19. The van der Waals surface area contributed by atoms with Crippen LogP contribution in [0.1, 0.15) is 25.0 Å². The van der Waals surface area contributed by atoms with Gasteiger partial charge in [-0.15, -0.1) is 0 Å². The SMILES string of the molecule is CC1(C)c2ccccc2-c2c(N(c3ccc(-c4ccccc4)cc3)c3ccc(-c4ccccc4)cc3)ccc(-c3cccc4c3oc3ccccc34)c21. The van der Waals surface area contributed by atoms with Gasteiger partial charge in [0.2, 0.25) is 0 Å². The highest BCUT2D eigenvalue weighted by Gasteiger charge is 2.40.